The van der Waals surface area contributed by atoms with Crippen molar-refractivity contribution in [2.45, 2.75) is 6.54 Å². The summed E-state index contributed by atoms with van der Waals surface area (Å²) in [6.45, 7) is 0.120. The van der Waals surface area contributed by atoms with Crippen molar-refractivity contribution in [2.24, 2.45) is 5.73 Å². The lowest BCUT2D eigenvalue weighted by Gasteiger charge is -1.90. The number of rotatable bonds is 2. The third kappa shape index (κ3) is 1.96. The third-order valence-electron chi connectivity index (χ3n) is 1.16. The summed E-state index contributed by atoms with van der Waals surface area (Å²) in [6.07, 6.45) is 1.31. The van der Waals surface area contributed by atoms with E-state index in [1.165, 1.54) is 12.3 Å². The second-order valence-electron chi connectivity index (χ2n) is 1.77. The molecule has 5 heteroatoms. The van der Waals surface area contributed by atoms with Crippen LogP contribution in [-0.4, -0.2) is 11.1 Å². The maximum absolute atomic E-state index is 10.3. The van der Waals surface area contributed by atoms with Crippen LogP contribution in [0.4, 0.5) is 0 Å². The van der Waals surface area contributed by atoms with Gasteiger partial charge in [0.15, 0.2) is 0 Å². The summed E-state index contributed by atoms with van der Waals surface area (Å²) in [5.74, 6) is -0.693. The smallest absolute Gasteiger partial charge is 0.339 e. The molecule has 0 atom stereocenters. The zero-order valence-corrected chi connectivity index (χ0v) is 6.43. The molecule has 0 aliphatic rings. The maximum atomic E-state index is 10.3. The number of furan rings is 1. The predicted octanol–water partition coefficient (Wildman–Crippen LogP) is 0.858. The van der Waals surface area contributed by atoms with Gasteiger partial charge in [0.2, 0.25) is 0 Å². The molecule has 0 aromatic carbocycles. The Morgan fingerprint density at radius 3 is 2.73 bits per heavy atom. The Balaban J connectivity index is 0.000001000. The molecule has 0 saturated carbocycles. The number of carbonyl (C=O) groups is 1. The van der Waals surface area contributed by atoms with E-state index in [4.69, 9.17) is 15.3 Å². The first-order chi connectivity index (χ1) is 4.75. The highest BCUT2D eigenvalue weighted by atomic mass is 35.5. The second kappa shape index (κ2) is 4.00. The Labute approximate surface area is 69.4 Å². The van der Waals surface area contributed by atoms with Crippen LogP contribution in [0.1, 0.15) is 16.1 Å². The summed E-state index contributed by atoms with van der Waals surface area (Å²) >= 11 is 0. The topological polar surface area (TPSA) is 76.5 Å². The first-order valence-electron chi connectivity index (χ1n) is 2.75. The Hall–Kier alpha value is -1.00. The van der Waals surface area contributed by atoms with Crippen LogP contribution in [-0.2, 0) is 6.54 Å². The van der Waals surface area contributed by atoms with Crippen LogP contribution in [0.25, 0.3) is 0 Å². The molecule has 62 valence electrons. The van der Waals surface area contributed by atoms with Gasteiger partial charge >= 0.3 is 5.97 Å². The van der Waals surface area contributed by atoms with E-state index in [1.807, 2.05) is 0 Å². The summed E-state index contributed by atoms with van der Waals surface area (Å²) in [4.78, 5) is 10.3. The number of aromatic carboxylic acids is 1. The average Bonchev–Trinajstić information content (AvgIpc) is 2.33. The molecular formula is C6H8ClNO3. The van der Waals surface area contributed by atoms with E-state index in [2.05, 4.69) is 0 Å². The number of hydrogen-bond donors (Lipinski definition) is 2. The number of halogens is 1. The first kappa shape index (κ1) is 10.0. The van der Waals surface area contributed by atoms with Gasteiger partial charge in [0.25, 0.3) is 0 Å². The standard InChI is InChI=1S/C6H7NO3.ClH/c7-3-5-4(6(8)9)1-2-10-5;/h1-2H,3,7H2,(H,8,9);1H. The second-order valence-corrected chi connectivity index (χ2v) is 1.77. The normalized spacial score (nSPS) is 8.82. The van der Waals surface area contributed by atoms with Crippen LogP contribution in [0.2, 0.25) is 0 Å². The molecule has 0 radical (unpaired) electrons. The van der Waals surface area contributed by atoms with Crippen molar-refractivity contribution in [3.05, 3.63) is 23.7 Å². The zero-order chi connectivity index (χ0) is 7.56. The van der Waals surface area contributed by atoms with Gasteiger partial charge in [0, 0.05) is 0 Å². The molecule has 11 heavy (non-hydrogen) atoms. The van der Waals surface area contributed by atoms with Crippen molar-refractivity contribution in [3.63, 3.8) is 0 Å². The Morgan fingerprint density at radius 1 is 1.73 bits per heavy atom. The fourth-order valence-electron chi connectivity index (χ4n) is 0.689. The van der Waals surface area contributed by atoms with Crippen LogP contribution < -0.4 is 5.73 Å². The molecule has 0 saturated heterocycles. The number of carboxylic acids is 1. The van der Waals surface area contributed by atoms with Crippen LogP contribution >= 0.6 is 12.4 Å². The minimum atomic E-state index is -1.01. The Morgan fingerprint density at radius 2 is 2.36 bits per heavy atom. The van der Waals surface area contributed by atoms with Crippen molar-refractivity contribution in [2.75, 3.05) is 0 Å². The summed E-state index contributed by atoms with van der Waals surface area (Å²) in [6, 6.07) is 1.38. The van der Waals surface area contributed by atoms with E-state index < -0.39 is 5.97 Å². The van der Waals surface area contributed by atoms with Crippen molar-refractivity contribution in [1.29, 1.82) is 0 Å². The minimum absolute atomic E-state index is 0. The van der Waals surface area contributed by atoms with Gasteiger partial charge in [-0.05, 0) is 6.07 Å². The van der Waals surface area contributed by atoms with Gasteiger partial charge in [-0.2, -0.15) is 0 Å². The van der Waals surface area contributed by atoms with Crippen LogP contribution in [0.3, 0.4) is 0 Å². The van der Waals surface area contributed by atoms with Crippen molar-refractivity contribution < 1.29 is 14.3 Å². The lowest BCUT2D eigenvalue weighted by Crippen LogP contribution is -2.03. The monoisotopic (exact) mass is 177 g/mol. The van der Waals surface area contributed by atoms with E-state index in [0.717, 1.165) is 0 Å². The molecule has 0 spiro atoms. The molecule has 1 rings (SSSR count). The van der Waals surface area contributed by atoms with Gasteiger partial charge in [-0.25, -0.2) is 4.79 Å². The number of nitrogens with two attached hydrogens (primary N) is 1. The lowest BCUT2D eigenvalue weighted by atomic mass is 10.2. The summed E-state index contributed by atoms with van der Waals surface area (Å²) in [5, 5.41) is 8.47. The number of hydrogen-bond acceptors (Lipinski definition) is 3. The fraction of sp³-hybridized carbons (Fsp3) is 0.167. The van der Waals surface area contributed by atoms with Crippen molar-refractivity contribution in [3.8, 4) is 0 Å². The van der Waals surface area contributed by atoms with E-state index in [0.29, 0.717) is 5.76 Å². The molecule has 0 aliphatic heterocycles. The van der Waals surface area contributed by atoms with Crippen LogP contribution in [0.15, 0.2) is 16.7 Å². The zero-order valence-electron chi connectivity index (χ0n) is 5.61. The first-order valence-corrected chi connectivity index (χ1v) is 2.75. The van der Waals surface area contributed by atoms with Gasteiger partial charge in [-0.15, -0.1) is 12.4 Å². The van der Waals surface area contributed by atoms with E-state index >= 15 is 0 Å². The molecule has 1 aromatic rings. The predicted molar refractivity (Wildman–Crippen MR) is 40.8 cm³/mol. The lowest BCUT2D eigenvalue weighted by molar-refractivity contribution is 0.0694. The van der Waals surface area contributed by atoms with E-state index in [1.54, 1.807) is 0 Å². The van der Waals surface area contributed by atoms with Crippen molar-refractivity contribution in [1.82, 2.24) is 0 Å². The highest BCUT2D eigenvalue weighted by Crippen LogP contribution is 2.08. The molecule has 0 unspecified atom stereocenters. The van der Waals surface area contributed by atoms with E-state index in [9.17, 15) is 4.79 Å². The van der Waals surface area contributed by atoms with Crippen molar-refractivity contribution >= 4 is 18.4 Å². The molecule has 0 bridgehead atoms. The van der Waals surface area contributed by atoms with Crippen LogP contribution in [0.5, 0.6) is 0 Å². The molecule has 4 nitrogen and oxygen atoms in total. The van der Waals surface area contributed by atoms with Gasteiger partial charge in [-0.3, -0.25) is 0 Å². The molecule has 1 heterocycles. The van der Waals surface area contributed by atoms with Gasteiger partial charge in [-0.1, -0.05) is 0 Å². The highest BCUT2D eigenvalue weighted by Gasteiger charge is 2.10. The van der Waals surface area contributed by atoms with Gasteiger partial charge < -0.3 is 15.3 Å². The quantitative estimate of drug-likeness (QED) is 0.703. The largest absolute Gasteiger partial charge is 0.478 e. The Kier molecular flexibility index (Phi) is 3.64. The fourth-order valence-corrected chi connectivity index (χ4v) is 0.689. The molecular weight excluding hydrogens is 170 g/mol. The van der Waals surface area contributed by atoms with Gasteiger partial charge in [0.05, 0.1) is 12.8 Å². The summed E-state index contributed by atoms with van der Waals surface area (Å²) < 4.78 is 4.77. The minimum Gasteiger partial charge on any atom is -0.478 e. The molecule has 3 N–H and O–H groups in total. The molecule has 1 aromatic heterocycles. The summed E-state index contributed by atoms with van der Waals surface area (Å²) in [5.41, 5.74) is 5.32. The molecule has 0 aliphatic carbocycles. The van der Waals surface area contributed by atoms with Gasteiger partial charge in [0.1, 0.15) is 11.3 Å². The third-order valence-corrected chi connectivity index (χ3v) is 1.16. The van der Waals surface area contributed by atoms with Crippen LogP contribution in [0, 0.1) is 0 Å². The highest BCUT2D eigenvalue weighted by molar-refractivity contribution is 5.88. The SMILES string of the molecule is Cl.NCc1occc1C(=O)O. The summed E-state index contributed by atoms with van der Waals surface area (Å²) in [7, 11) is 0. The maximum Gasteiger partial charge on any atom is 0.339 e. The average molecular weight is 178 g/mol. The van der Waals surface area contributed by atoms with E-state index in [-0.39, 0.29) is 24.5 Å². The Bertz CT molecular complexity index is 246. The molecule has 0 amide bonds. The number of carboxylic acid groups (broad SMARTS) is 1. The molecule has 0 fully saturated rings.